The first-order valence-electron chi connectivity index (χ1n) is 5.93. The Morgan fingerprint density at radius 3 is 2.68 bits per heavy atom. The van der Waals surface area contributed by atoms with Gasteiger partial charge in [-0.2, -0.15) is 0 Å². The summed E-state index contributed by atoms with van der Waals surface area (Å²) < 4.78 is 5.44. The van der Waals surface area contributed by atoms with E-state index < -0.39 is 0 Å². The van der Waals surface area contributed by atoms with Gasteiger partial charge in [-0.15, -0.1) is 0 Å². The van der Waals surface area contributed by atoms with E-state index in [4.69, 9.17) is 10.2 Å². The zero-order chi connectivity index (χ0) is 14.0. The maximum atomic E-state index is 12.0. The third kappa shape index (κ3) is 2.88. The van der Waals surface area contributed by atoms with Crippen LogP contribution in [0.3, 0.4) is 0 Å². The molecule has 0 aliphatic heterocycles. The van der Waals surface area contributed by atoms with E-state index in [2.05, 4.69) is 5.32 Å². The lowest BCUT2D eigenvalue weighted by Gasteiger charge is -2.12. The summed E-state index contributed by atoms with van der Waals surface area (Å²) in [5.74, 6) is 1.08. The Hall–Kier alpha value is -2.43. The van der Waals surface area contributed by atoms with E-state index in [1.54, 1.807) is 6.07 Å². The van der Waals surface area contributed by atoms with Crippen LogP contribution in [0.2, 0.25) is 0 Å². The highest BCUT2D eigenvalue weighted by Gasteiger charge is 2.14. The summed E-state index contributed by atoms with van der Waals surface area (Å²) in [6.07, 6.45) is 0. The van der Waals surface area contributed by atoms with Gasteiger partial charge in [-0.05, 0) is 44.2 Å². The Balaban J connectivity index is 2.10. The minimum Gasteiger partial charge on any atom is -0.506 e. The Morgan fingerprint density at radius 2 is 2.11 bits per heavy atom. The van der Waals surface area contributed by atoms with Crippen molar-refractivity contribution in [2.24, 2.45) is 0 Å². The average molecular weight is 260 g/mol. The van der Waals surface area contributed by atoms with Crippen LogP contribution in [0, 0.1) is 6.92 Å². The molecule has 2 aromatic rings. The van der Waals surface area contributed by atoms with Gasteiger partial charge in [0, 0.05) is 5.56 Å². The first-order chi connectivity index (χ1) is 8.97. The molecule has 0 fully saturated rings. The van der Waals surface area contributed by atoms with Crippen molar-refractivity contribution in [3.05, 3.63) is 47.4 Å². The van der Waals surface area contributed by atoms with Crippen LogP contribution in [0.5, 0.6) is 5.75 Å². The quantitative estimate of drug-likeness (QED) is 0.584. The zero-order valence-electron chi connectivity index (χ0n) is 10.8. The maximum Gasteiger partial charge on any atom is 0.251 e. The van der Waals surface area contributed by atoms with Gasteiger partial charge in [0.2, 0.25) is 0 Å². The lowest BCUT2D eigenvalue weighted by Crippen LogP contribution is -2.26. The number of hydrogen-bond acceptors (Lipinski definition) is 4. The van der Waals surface area contributed by atoms with Gasteiger partial charge in [-0.3, -0.25) is 4.79 Å². The van der Waals surface area contributed by atoms with Gasteiger partial charge in [-0.25, -0.2) is 0 Å². The summed E-state index contributed by atoms with van der Waals surface area (Å²) in [6.45, 7) is 3.67. The van der Waals surface area contributed by atoms with Crippen LogP contribution in [0.4, 0.5) is 5.69 Å². The fourth-order valence-corrected chi connectivity index (χ4v) is 1.72. The summed E-state index contributed by atoms with van der Waals surface area (Å²) in [6, 6.07) is 7.80. The second kappa shape index (κ2) is 5.06. The number of carbonyl (C=O) groups excluding carboxylic acids is 1. The maximum absolute atomic E-state index is 12.0. The van der Waals surface area contributed by atoms with Crippen LogP contribution >= 0.6 is 0 Å². The molecule has 0 aliphatic carbocycles. The molecule has 1 aromatic heterocycles. The summed E-state index contributed by atoms with van der Waals surface area (Å²) in [4.78, 5) is 12.0. The number of anilines is 1. The minimum atomic E-state index is -0.295. The van der Waals surface area contributed by atoms with Gasteiger partial charge in [-0.1, -0.05) is 0 Å². The zero-order valence-corrected chi connectivity index (χ0v) is 10.8. The summed E-state index contributed by atoms with van der Waals surface area (Å²) in [5, 5.41) is 12.3. The van der Waals surface area contributed by atoms with E-state index in [9.17, 15) is 9.90 Å². The largest absolute Gasteiger partial charge is 0.506 e. The molecule has 1 atom stereocenters. The fourth-order valence-electron chi connectivity index (χ4n) is 1.72. The molecule has 100 valence electrons. The van der Waals surface area contributed by atoms with E-state index >= 15 is 0 Å². The number of furan rings is 1. The van der Waals surface area contributed by atoms with Crippen LogP contribution in [0.25, 0.3) is 0 Å². The minimum absolute atomic E-state index is 0.103. The van der Waals surface area contributed by atoms with E-state index in [0.717, 1.165) is 5.76 Å². The molecule has 0 aliphatic rings. The van der Waals surface area contributed by atoms with Crippen molar-refractivity contribution in [1.29, 1.82) is 0 Å². The average Bonchev–Trinajstić information content (AvgIpc) is 2.79. The SMILES string of the molecule is Cc1ccc(C(C)NC(=O)c2ccc(N)c(O)c2)o1. The molecule has 1 aromatic carbocycles. The molecule has 1 heterocycles. The molecule has 0 saturated carbocycles. The standard InChI is InChI=1S/C14H16N2O3/c1-8-3-6-13(19-8)9(2)16-14(18)10-4-5-11(15)12(17)7-10/h3-7,9,17H,15H2,1-2H3,(H,16,18). The Labute approximate surface area is 111 Å². The van der Waals surface area contributed by atoms with Crippen molar-refractivity contribution < 1.29 is 14.3 Å². The number of nitrogen functional groups attached to an aromatic ring is 1. The number of rotatable bonds is 3. The van der Waals surface area contributed by atoms with Crippen LogP contribution in [0.1, 0.15) is 34.8 Å². The van der Waals surface area contributed by atoms with Crippen molar-refractivity contribution in [3.63, 3.8) is 0 Å². The number of phenolic OH excluding ortho intramolecular Hbond substituents is 1. The molecule has 0 saturated heterocycles. The predicted molar refractivity (Wildman–Crippen MR) is 71.8 cm³/mol. The third-order valence-electron chi connectivity index (χ3n) is 2.83. The second-order valence-electron chi connectivity index (χ2n) is 4.42. The molecule has 4 N–H and O–H groups in total. The van der Waals surface area contributed by atoms with Crippen molar-refractivity contribution in [2.45, 2.75) is 19.9 Å². The number of aromatic hydroxyl groups is 1. The van der Waals surface area contributed by atoms with Crippen LogP contribution in [-0.2, 0) is 0 Å². The van der Waals surface area contributed by atoms with Crippen LogP contribution in [0.15, 0.2) is 34.7 Å². The molecule has 0 bridgehead atoms. The number of benzene rings is 1. The number of nitrogens with two attached hydrogens (primary N) is 1. The molecule has 1 unspecified atom stereocenters. The van der Waals surface area contributed by atoms with E-state index in [-0.39, 0.29) is 23.4 Å². The van der Waals surface area contributed by atoms with Crippen molar-refractivity contribution in [3.8, 4) is 5.75 Å². The van der Waals surface area contributed by atoms with Gasteiger partial charge in [0.15, 0.2) is 0 Å². The predicted octanol–water partition coefficient (Wildman–Crippen LogP) is 2.37. The highest BCUT2D eigenvalue weighted by Crippen LogP contribution is 2.21. The van der Waals surface area contributed by atoms with Crippen LogP contribution in [-0.4, -0.2) is 11.0 Å². The van der Waals surface area contributed by atoms with Gasteiger partial charge in [0.25, 0.3) is 5.91 Å². The van der Waals surface area contributed by atoms with E-state index in [0.29, 0.717) is 11.3 Å². The van der Waals surface area contributed by atoms with E-state index in [1.165, 1.54) is 12.1 Å². The molecule has 0 spiro atoms. The third-order valence-corrected chi connectivity index (χ3v) is 2.83. The van der Waals surface area contributed by atoms with Crippen molar-refractivity contribution in [1.82, 2.24) is 5.32 Å². The van der Waals surface area contributed by atoms with Crippen molar-refractivity contribution >= 4 is 11.6 Å². The number of carbonyl (C=O) groups is 1. The second-order valence-corrected chi connectivity index (χ2v) is 4.42. The topological polar surface area (TPSA) is 88.5 Å². The lowest BCUT2D eigenvalue weighted by atomic mass is 10.1. The van der Waals surface area contributed by atoms with Gasteiger partial charge in [0.05, 0.1) is 11.7 Å². The molecule has 0 radical (unpaired) electrons. The normalized spacial score (nSPS) is 12.1. The summed E-state index contributed by atoms with van der Waals surface area (Å²) >= 11 is 0. The van der Waals surface area contributed by atoms with Gasteiger partial charge >= 0.3 is 0 Å². The molecule has 1 amide bonds. The molecule has 5 heteroatoms. The Bertz CT molecular complexity index is 604. The van der Waals surface area contributed by atoms with Crippen molar-refractivity contribution in [2.75, 3.05) is 5.73 Å². The monoisotopic (exact) mass is 260 g/mol. The van der Waals surface area contributed by atoms with Crippen LogP contribution < -0.4 is 11.1 Å². The molecule has 19 heavy (non-hydrogen) atoms. The number of phenols is 1. The molecule has 5 nitrogen and oxygen atoms in total. The number of amides is 1. The first kappa shape index (κ1) is 13.0. The molecule has 2 rings (SSSR count). The Kier molecular flexibility index (Phi) is 3.46. The van der Waals surface area contributed by atoms with Gasteiger partial charge in [0.1, 0.15) is 17.3 Å². The number of nitrogens with one attached hydrogen (secondary N) is 1. The molecular formula is C14H16N2O3. The number of hydrogen-bond donors (Lipinski definition) is 3. The smallest absolute Gasteiger partial charge is 0.251 e. The first-order valence-corrected chi connectivity index (χ1v) is 5.93. The highest BCUT2D eigenvalue weighted by molar-refractivity contribution is 5.95. The highest BCUT2D eigenvalue weighted by atomic mass is 16.3. The summed E-state index contributed by atoms with van der Waals surface area (Å²) in [7, 11) is 0. The lowest BCUT2D eigenvalue weighted by molar-refractivity contribution is 0.0935. The summed E-state index contributed by atoms with van der Waals surface area (Å²) in [5.41, 5.74) is 6.08. The van der Waals surface area contributed by atoms with Gasteiger partial charge < -0.3 is 20.6 Å². The Morgan fingerprint density at radius 1 is 1.37 bits per heavy atom. The fraction of sp³-hybridized carbons (Fsp3) is 0.214. The number of aryl methyl sites for hydroxylation is 1. The molecular weight excluding hydrogens is 244 g/mol. The van der Waals surface area contributed by atoms with E-state index in [1.807, 2.05) is 26.0 Å².